The van der Waals surface area contributed by atoms with Crippen LogP contribution in [0, 0.1) is 5.82 Å². The van der Waals surface area contributed by atoms with Crippen molar-refractivity contribution in [3.63, 3.8) is 0 Å². The minimum absolute atomic E-state index is 0.0621. The maximum Gasteiger partial charge on any atom is 0.341 e. The van der Waals surface area contributed by atoms with Crippen LogP contribution in [0.5, 0.6) is 5.75 Å². The quantitative estimate of drug-likeness (QED) is 0.688. The van der Waals surface area contributed by atoms with Crippen LogP contribution in [0.15, 0.2) is 42.5 Å². The van der Waals surface area contributed by atoms with Crippen LogP contribution in [0.4, 0.5) is 10.1 Å². The maximum absolute atomic E-state index is 13.5. The summed E-state index contributed by atoms with van der Waals surface area (Å²) in [4.78, 5) is 11.7. The number of esters is 1. The molecule has 5 heteroatoms. The highest BCUT2D eigenvalue weighted by Gasteiger charge is 2.13. The van der Waals surface area contributed by atoms with Gasteiger partial charge in [0.2, 0.25) is 0 Å². The van der Waals surface area contributed by atoms with Crippen LogP contribution in [0.1, 0.15) is 15.9 Å². The summed E-state index contributed by atoms with van der Waals surface area (Å²) in [6.07, 6.45) is 0. The molecule has 0 unspecified atom stereocenters. The van der Waals surface area contributed by atoms with Crippen molar-refractivity contribution < 1.29 is 18.7 Å². The topological polar surface area (TPSA) is 61.5 Å². The monoisotopic (exact) mass is 275 g/mol. The van der Waals surface area contributed by atoms with Gasteiger partial charge in [0, 0.05) is 5.69 Å². The van der Waals surface area contributed by atoms with E-state index in [9.17, 15) is 9.18 Å². The molecular weight excluding hydrogens is 261 g/mol. The predicted octanol–water partition coefficient (Wildman–Crippen LogP) is 2.77. The van der Waals surface area contributed by atoms with Crippen LogP contribution in [-0.4, -0.2) is 13.1 Å². The zero-order valence-corrected chi connectivity index (χ0v) is 10.9. The highest BCUT2D eigenvalue weighted by Crippen LogP contribution is 2.15. The molecule has 0 spiro atoms. The van der Waals surface area contributed by atoms with Gasteiger partial charge in [-0.05, 0) is 35.9 Å². The standard InChI is InChI=1S/C15H14FNO3/c1-19-12-5-2-10(3-6-12)9-20-15(18)13-7-4-11(17)8-14(13)16/h2-8H,9,17H2,1H3. The third-order valence-corrected chi connectivity index (χ3v) is 2.74. The first-order chi connectivity index (χ1) is 9.60. The Labute approximate surface area is 115 Å². The molecule has 0 aliphatic carbocycles. The Bertz CT molecular complexity index is 611. The molecular formula is C15H14FNO3. The molecule has 2 aromatic rings. The van der Waals surface area contributed by atoms with E-state index in [1.165, 1.54) is 12.1 Å². The molecule has 0 aliphatic heterocycles. The molecule has 104 valence electrons. The summed E-state index contributed by atoms with van der Waals surface area (Å²) in [5, 5.41) is 0. The van der Waals surface area contributed by atoms with E-state index in [1.54, 1.807) is 31.4 Å². The summed E-state index contributed by atoms with van der Waals surface area (Å²) in [6, 6.07) is 10.9. The Kier molecular flexibility index (Phi) is 4.20. The summed E-state index contributed by atoms with van der Waals surface area (Å²) in [5.74, 6) is -0.701. The van der Waals surface area contributed by atoms with Crippen LogP contribution >= 0.6 is 0 Å². The molecule has 0 bridgehead atoms. The van der Waals surface area contributed by atoms with E-state index in [0.29, 0.717) is 5.75 Å². The van der Waals surface area contributed by atoms with Crippen molar-refractivity contribution in [1.82, 2.24) is 0 Å². The minimum Gasteiger partial charge on any atom is -0.497 e. The molecule has 0 aliphatic rings. The molecule has 4 nitrogen and oxygen atoms in total. The van der Waals surface area contributed by atoms with Gasteiger partial charge in [0.05, 0.1) is 12.7 Å². The van der Waals surface area contributed by atoms with E-state index in [1.807, 2.05) is 0 Å². The summed E-state index contributed by atoms with van der Waals surface area (Å²) in [5.41, 5.74) is 6.33. The van der Waals surface area contributed by atoms with E-state index in [2.05, 4.69) is 0 Å². The molecule has 0 amide bonds. The van der Waals surface area contributed by atoms with Gasteiger partial charge in [-0.2, -0.15) is 0 Å². The van der Waals surface area contributed by atoms with Crippen molar-refractivity contribution >= 4 is 11.7 Å². The van der Waals surface area contributed by atoms with Crippen molar-refractivity contribution in [2.75, 3.05) is 12.8 Å². The number of methoxy groups -OCH3 is 1. The maximum atomic E-state index is 13.5. The summed E-state index contributed by atoms with van der Waals surface area (Å²) < 4.78 is 23.6. The van der Waals surface area contributed by atoms with Gasteiger partial charge in [-0.15, -0.1) is 0 Å². The number of carbonyl (C=O) groups excluding carboxylic acids is 1. The van der Waals surface area contributed by atoms with Crippen molar-refractivity contribution in [1.29, 1.82) is 0 Å². The summed E-state index contributed by atoms with van der Waals surface area (Å²) >= 11 is 0. The van der Waals surface area contributed by atoms with E-state index in [-0.39, 0.29) is 17.9 Å². The third-order valence-electron chi connectivity index (χ3n) is 2.74. The number of nitrogens with two attached hydrogens (primary N) is 1. The summed E-state index contributed by atoms with van der Waals surface area (Å²) in [6.45, 7) is 0.0621. The van der Waals surface area contributed by atoms with Gasteiger partial charge in [0.1, 0.15) is 18.2 Å². The van der Waals surface area contributed by atoms with E-state index >= 15 is 0 Å². The molecule has 2 aromatic carbocycles. The van der Waals surface area contributed by atoms with Gasteiger partial charge in [-0.25, -0.2) is 9.18 Å². The molecule has 0 fully saturated rings. The normalized spacial score (nSPS) is 10.1. The fourth-order valence-electron chi connectivity index (χ4n) is 1.65. The van der Waals surface area contributed by atoms with Crippen LogP contribution in [-0.2, 0) is 11.3 Å². The van der Waals surface area contributed by atoms with Crippen molar-refractivity contribution in [2.45, 2.75) is 6.61 Å². The van der Waals surface area contributed by atoms with Gasteiger partial charge in [-0.1, -0.05) is 12.1 Å². The average Bonchev–Trinajstić information content (AvgIpc) is 2.45. The number of hydrogen-bond acceptors (Lipinski definition) is 4. The number of rotatable bonds is 4. The number of hydrogen-bond donors (Lipinski definition) is 1. The van der Waals surface area contributed by atoms with Crippen molar-refractivity contribution in [3.05, 3.63) is 59.4 Å². The first-order valence-electron chi connectivity index (χ1n) is 5.95. The number of anilines is 1. The first-order valence-corrected chi connectivity index (χ1v) is 5.95. The molecule has 0 aromatic heterocycles. The molecule has 20 heavy (non-hydrogen) atoms. The SMILES string of the molecule is COc1ccc(COC(=O)c2ccc(N)cc2F)cc1. The molecule has 0 heterocycles. The van der Waals surface area contributed by atoms with E-state index in [0.717, 1.165) is 11.6 Å². The Balaban J connectivity index is 2.00. The third kappa shape index (κ3) is 3.26. The smallest absolute Gasteiger partial charge is 0.341 e. The lowest BCUT2D eigenvalue weighted by Crippen LogP contribution is -2.08. The number of carbonyl (C=O) groups is 1. The molecule has 0 atom stereocenters. The van der Waals surface area contributed by atoms with Gasteiger partial charge < -0.3 is 15.2 Å². The Morgan fingerprint density at radius 3 is 2.50 bits per heavy atom. The number of ether oxygens (including phenoxy) is 2. The lowest BCUT2D eigenvalue weighted by Gasteiger charge is -2.07. The van der Waals surface area contributed by atoms with Crippen LogP contribution in [0.25, 0.3) is 0 Å². The Morgan fingerprint density at radius 2 is 1.90 bits per heavy atom. The molecule has 0 saturated carbocycles. The fourth-order valence-corrected chi connectivity index (χ4v) is 1.65. The number of nitrogen functional groups attached to an aromatic ring is 1. The molecule has 0 saturated heterocycles. The molecule has 0 radical (unpaired) electrons. The largest absolute Gasteiger partial charge is 0.497 e. The number of halogens is 1. The van der Waals surface area contributed by atoms with Gasteiger partial charge in [0.15, 0.2) is 0 Å². The zero-order chi connectivity index (χ0) is 14.5. The van der Waals surface area contributed by atoms with Crippen LogP contribution in [0.2, 0.25) is 0 Å². The van der Waals surface area contributed by atoms with E-state index in [4.69, 9.17) is 15.2 Å². The average molecular weight is 275 g/mol. The minimum atomic E-state index is -0.724. The second kappa shape index (κ2) is 6.06. The van der Waals surface area contributed by atoms with Crippen molar-refractivity contribution in [2.24, 2.45) is 0 Å². The molecule has 2 rings (SSSR count). The lowest BCUT2D eigenvalue weighted by atomic mass is 10.2. The van der Waals surface area contributed by atoms with E-state index < -0.39 is 11.8 Å². The number of benzene rings is 2. The highest BCUT2D eigenvalue weighted by molar-refractivity contribution is 5.90. The zero-order valence-electron chi connectivity index (χ0n) is 10.9. The Hall–Kier alpha value is -2.56. The summed E-state index contributed by atoms with van der Waals surface area (Å²) in [7, 11) is 1.57. The first kappa shape index (κ1) is 13.9. The Morgan fingerprint density at radius 1 is 1.20 bits per heavy atom. The second-order valence-corrected chi connectivity index (χ2v) is 4.16. The van der Waals surface area contributed by atoms with Crippen LogP contribution in [0.3, 0.4) is 0 Å². The predicted molar refractivity (Wildman–Crippen MR) is 72.9 cm³/mol. The van der Waals surface area contributed by atoms with Gasteiger partial charge in [-0.3, -0.25) is 0 Å². The second-order valence-electron chi connectivity index (χ2n) is 4.16. The van der Waals surface area contributed by atoms with Gasteiger partial charge in [0.25, 0.3) is 0 Å². The van der Waals surface area contributed by atoms with Crippen molar-refractivity contribution in [3.8, 4) is 5.75 Å². The highest BCUT2D eigenvalue weighted by atomic mass is 19.1. The lowest BCUT2D eigenvalue weighted by molar-refractivity contribution is 0.0467. The fraction of sp³-hybridized carbons (Fsp3) is 0.133. The molecule has 2 N–H and O–H groups in total. The van der Waals surface area contributed by atoms with Gasteiger partial charge >= 0.3 is 5.97 Å². The van der Waals surface area contributed by atoms with Crippen LogP contribution < -0.4 is 10.5 Å².